The molecule has 0 radical (unpaired) electrons. The summed E-state index contributed by atoms with van der Waals surface area (Å²) < 4.78 is 5.45. The number of carboxylic acid groups (broad SMARTS) is 1. The minimum absolute atomic E-state index is 0.290. The molecule has 0 saturated heterocycles. The van der Waals surface area contributed by atoms with E-state index in [0.29, 0.717) is 16.8 Å². The Morgan fingerprint density at radius 2 is 1.63 bits per heavy atom. The Bertz CT molecular complexity index is 820. The number of amides is 2. The van der Waals surface area contributed by atoms with Crippen LogP contribution in [0.1, 0.15) is 29.8 Å². The second kappa shape index (κ2) is 8.46. The minimum atomic E-state index is -1.17. The van der Waals surface area contributed by atoms with Crippen LogP contribution < -0.4 is 10.6 Å². The highest BCUT2D eigenvalue weighted by atomic mass is 16.5. The van der Waals surface area contributed by atoms with Gasteiger partial charge in [0.25, 0.3) is 11.8 Å². The lowest BCUT2D eigenvalue weighted by Gasteiger charge is -2.27. The van der Waals surface area contributed by atoms with Gasteiger partial charge in [-0.1, -0.05) is 30.3 Å². The van der Waals surface area contributed by atoms with Crippen LogP contribution in [0, 0.1) is 0 Å². The number of ether oxygens (including phenoxy) is 1. The molecule has 0 spiro atoms. The fourth-order valence-corrected chi connectivity index (χ4v) is 2.39. The molecular weight excluding hydrogens is 348 g/mol. The lowest BCUT2D eigenvalue weighted by molar-refractivity contribution is -0.139. The fraction of sp³-hybridized carbons (Fsp3) is 0.250. The number of anilines is 1. The number of aliphatic carboxylic acids is 1. The first-order valence-electron chi connectivity index (χ1n) is 8.34. The highest BCUT2D eigenvalue weighted by Gasteiger charge is 2.35. The van der Waals surface area contributed by atoms with Crippen LogP contribution in [0.3, 0.4) is 0 Å². The van der Waals surface area contributed by atoms with E-state index in [1.165, 1.54) is 26.2 Å². The van der Waals surface area contributed by atoms with Crippen molar-refractivity contribution in [2.24, 2.45) is 0 Å². The predicted octanol–water partition coefficient (Wildman–Crippen LogP) is 2.39. The van der Waals surface area contributed by atoms with E-state index in [0.717, 1.165) is 0 Å². The summed E-state index contributed by atoms with van der Waals surface area (Å²) in [7, 11) is 1.46. The molecule has 27 heavy (non-hydrogen) atoms. The summed E-state index contributed by atoms with van der Waals surface area (Å²) in [6, 6.07) is 14.3. The average Bonchev–Trinajstić information content (AvgIpc) is 2.68. The highest BCUT2D eigenvalue weighted by molar-refractivity contribution is 5.99. The van der Waals surface area contributed by atoms with E-state index in [9.17, 15) is 14.4 Å². The van der Waals surface area contributed by atoms with E-state index in [2.05, 4.69) is 10.6 Å². The Morgan fingerprint density at radius 1 is 1.04 bits per heavy atom. The van der Waals surface area contributed by atoms with E-state index >= 15 is 0 Å². The quantitative estimate of drug-likeness (QED) is 0.694. The van der Waals surface area contributed by atoms with Gasteiger partial charge in [0.05, 0.1) is 0 Å². The molecule has 2 unspecified atom stereocenters. The molecule has 0 aliphatic rings. The number of carboxylic acids is 1. The molecule has 3 N–H and O–H groups in total. The molecule has 0 aliphatic heterocycles. The normalized spacial score (nSPS) is 13.9. The van der Waals surface area contributed by atoms with Crippen LogP contribution in [0.2, 0.25) is 0 Å². The highest BCUT2D eigenvalue weighted by Crippen LogP contribution is 2.26. The van der Waals surface area contributed by atoms with Gasteiger partial charge in [0.1, 0.15) is 6.04 Å². The maximum atomic E-state index is 12.7. The van der Waals surface area contributed by atoms with Crippen LogP contribution in [0.4, 0.5) is 5.69 Å². The fourth-order valence-electron chi connectivity index (χ4n) is 2.39. The molecule has 0 heterocycles. The maximum absolute atomic E-state index is 12.7. The Hall–Kier alpha value is -3.19. The first-order valence-corrected chi connectivity index (χ1v) is 8.34. The van der Waals surface area contributed by atoms with Gasteiger partial charge in [0, 0.05) is 18.4 Å². The van der Waals surface area contributed by atoms with Crippen LogP contribution in [0.25, 0.3) is 0 Å². The minimum Gasteiger partial charge on any atom is -0.480 e. The molecule has 7 nitrogen and oxygen atoms in total. The number of carbonyl (C=O) groups excluding carboxylic acids is 2. The topological polar surface area (TPSA) is 105 Å². The van der Waals surface area contributed by atoms with Crippen molar-refractivity contribution in [3.63, 3.8) is 0 Å². The molecule has 7 heteroatoms. The van der Waals surface area contributed by atoms with Crippen molar-refractivity contribution in [2.75, 3.05) is 12.4 Å². The van der Waals surface area contributed by atoms with Crippen LogP contribution in [0.15, 0.2) is 54.6 Å². The van der Waals surface area contributed by atoms with Gasteiger partial charge in [-0.3, -0.25) is 14.4 Å². The monoisotopic (exact) mass is 370 g/mol. The largest absolute Gasteiger partial charge is 0.480 e. The van der Waals surface area contributed by atoms with Crippen molar-refractivity contribution in [2.45, 2.75) is 25.5 Å². The van der Waals surface area contributed by atoms with Crippen molar-refractivity contribution in [3.05, 3.63) is 65.7 Å². The van der Waals surface area contributed by atoms with E-state index < -0.39 is 23.5 Å². The lowest BCUT2D eigenvalue weighted by Crippen LogP contribution is -2.39. The third kappa shape index (κ3) is 4.71. The molecule has 2 amide bonds. The summed E-state index contributed by atoms with van der Waals surface area (Å²) in [4.78, 5) is 35.5. The zero-order valence-electron chi connectivity index (χ0n) is 15.4. The van der Waals surface area contributed by atoms with Gasteiger partial charge in [-0.15, -0.1) is 0 Å². The summed E-state index contributed by atoms with van der Waals surface area (Å²) in [6.45, 7) is 3.05. The second-order valence-corrected chi connectivity index (χ2v) is 6.17. The number of nitrogens with one attached hydrogen (secondary N) is 2. The van der Waals surface area contributed by atoms with E-state index in [1.807, 2.05) is 18.2 Å². The maximum Gasteiger partial charge on any atom is 0.325 e. The van der Waals surface area contributed by atoms with Crippen LogP contribution in [0.5, 0.6) is 0 Å². The number of hydrogen-bond donors (Lipinski definition) is 3. The number of hydrogen-bond acceptors (Lipinski definition) is 4. The van der Waals surface area contributed by atoms with E-state index in [1.54, 1.807) is 31.2 Å². The van der Waals surface area contributed by atoms with Gasteiger partial charge in [-0.2, -0.15) is 0 Å². The smallest absolute Gasteiger partial charge is 0.325 e. The number of rotatable bonds is 7. The summed E-state index contributed by atoms with van der Waals surface area (Å²) in [5, 5.41) is 14.0. The van der Waals surface area contributed by atoms with Gasteiger partial charge in [0.15, 0.2) is 5.60 Å². The SMILES string of the molecule is COC(C)(C(=O)Nc1ccc(C(=O)NC(C)C(=O)O)cc1)c1ccccc1. The summed E-state index contributed by atoms with van der Waals surface area (Å²) in [5.74, 6) is -1.98. The van der Waals surface area contributed by atoms with Crippen molar-refractivity contribution in [3.8, 4) is 0 Å². The first kappa shape index (κ1) is 20.1. The molecule has 2 aromatic rings. The molecule has 2 rings (SSSR count). The van der Waals surface area contributed by atoms with Gasteiger partial charge >= 0.3 is 5.97 Å². The summed E-state index contributed by atoms with van der Waals surface area (Å²) in [6.07, 6.45) is 0. The molecule has 0 bridgehead atoms. The summed E-state index contributed by atoms with van der Waals surface area (Å²) >= 11 is 0. The zero-order valence-corrected chi connectivity index (χ0v) is 15.4. The third-order valence-electron chi connectivity index (χ3n) is 4.29. The number of benzene rings is 2. The predicted molar refractivity (Wildman–Crippen MR) is 100 cm³/mol. The molecule has 0 aromatic heterocycles. The van der Waals surface area contributed by atoms with Crippen LogP contribution in [-0.4, -0.2) is 36.0 Å². The van der Waals surface area contributed by atoms with Crippen LogP contribution >= 0.6 is 0 Å². The average molecular weight is 370 g/mol. The van der Waals surface area contributed by atoms with Gasteiger partial charge < -0.3 is 20.5 Å². The standard InChI is InChI=1S/C20H22N2O5/c1-13(18(24)25)21-17(23)14-9-11-16(12-10-14)22-19(26)20(2,27-3)15-7-5-4-6-8-15/h4-13H,1-3H3,(H,21,23)(H,22,26)(H,24,25). The molecule has 0 saturated carbocycles. The number of carbonyl (C=O) groups is 3. The second-order valence-electron chi connectivity index (χ2n) is 6.17. The van der Waals surface area contributed by atoms with Gasteiger partial charge in [-0.25, -0.2) is 0 Å². The third-order valence-corrected chi connectivity index (χ3v) is 4.29. The first-order chi connectivity index (χ1) is 12.8. The molecular formula is C20H22N2O5. The Kier molecular flexibility index (Phi) is 6.31. The lowest BCUT2D eigenvalue weighted by atomic mass is 9.94. The Balaban J connectivity index is 2.10. The molecule has 0 aliphatic carbocycles. The number of methoxy groups -OCH3 is 1. The Labute approximate surface area is 157 Å². The zero-order chi connectivity index (χ0) is 20.0. The molecule has 2 atom stereocenters. The van der Waals surface area contributed by atoms with Crippen molar-refractivity contribution >= 4 is 23.5 Å². The van der Waals surface area contributed by atoms with Crippen LogP contribution in [-0.2, 0) is 19.9 Å². The van der Waals surface area contributed by atoms with Gasteiger partial charge in [0.2, 0.25) is 0 Å². The van der Waals surface area contributed by atoms with Crippen molar-refractivity contribution in [1.82, 2.24) is 5.32 Å². The Morgan fingerprint density at radius 3 is 2.15 bits per heavy atom. The van der Waals surface area contributed by atoms with E-state index in [4.69, 9.17) is 9.84 Å². The van der Waals surface area contributed by atoms with Crippen molar-refractivity contribution in [1.29, 1.82) is 0 Å². The molecule has 2 aromatic carbocycles. The van der Waals surface area contributed by atoms with E-state index in [-0.39, 0.29) is 5.91 Å². The molecule has 0 fully saturated rings. The van der Waals surface area contributed by atoms with Gasteiger partial charge in [-0.05, 0) is 43.7 Å². The summed E-state index contributed by atoms with van der Waals surface area (Å²) in [5.41, 5.74) is 0.318. The molecule has 142 valence electrons. The van der Waals surface area contributed by atoms with Crippen molar-refractivity contribution < 1.29 is 24.2 Å².